The summed E-state index contributed by atoms with van der Waals surface area (Å²) < 4.78 is 0. The Morgan fingerprint density at radius 1 is 0.947 bits per heavy atom. The van der Waals surface area contributed by atoms with E-state index in [9.17, 15) is 9.59 Å². The van der Waals surface area contributed by atoms with Crippen molar-refractivity contribution in [2.75, 3.05) is 38.5 Å². The molecule has 2 amide bonds. The summed E-state index contributed by atoms with van der Waals surface area (Å²) in [6.07, 6.45) is 1.62. The van der Waals surface area contributed by atoms with Crippen molar-refractivity contribution >= 4 is 34.4 Å². The quantitative estimate of drug-likeness (QED) is 0.239. The number of nitrogens with zero attached hydrogens (tertiary/aromatic N) is 3. The zero-order chi connectivity index (χ0) is 27.7. The van der Waals surface area contributed by atoms with E-state index in [1.807, 2.05) is 55.6 Å². The summed E-state index contributed by atoms with van der Waals surface area (Å²) in [7, 11) is 2.10. The fourth-order valence-electron chi connectivity index (χ4n) is 4.11. The van der Waals surface area contributed by atoms with Crippen molar-refractivity contribution in [1.82, 2.24) is 15.2 Å². The summed E-state index contributed by atoms with van der Waals surface area (Å²) in [5.41, 5.74) is 8.71. The standard InChI is InChI=1S/C30H39N5O2S/c1-7-35(8-2)15-14-34(6)19-25-10-9-11-26(17-25)28(36)32-30-27(23(5)20-38-30)29(37)33-31-18-24-13-12-21(3)22(4)16-24/h9-13,16-18,20H,7-8,14-15,19H2,1-6H3,(H,32,36)(H,33,37). The van der Waals surface area contributed by atoms with Crippen LogP contribution in [0.5, 0.6) is 0 Å². The van der Waals surface area contributed by atoms with Gasteiger partial charge in [-0.1, -0.05) is 44.2 Å². The fourth-order valence-corrected chi connectivity index (χ4v) is 5.05. The monoisotopic (exact) mass is 533 g/mol. The first-order valence-electron chi connectivity index (χ1n) is 13.0. The number of aryl methyl sites for hydroxylation is 3. The molecule has 0 aliphatic carbocycles. The average Bonchev–Trinajstić information content (AvgIpc) is 3.26. The van der Waals surface area contributed by atoms with Gasteiger partial charge in [-0.25, -0.2) is 5.43 Å². The number of hydrazone groups is 1. The van der Waals surface area contributed by atoms with Crippen LogP contribution in [0.3, 0.4) is 0 Å². The Bertz CT molecular complexity index is 1280. The van der Waals surface area contributed by atoms with Crippen LogP contribution in [0.15, 0.2) is 52.9 Å². The normalized spacial score (nSPS) is 11.5. The molecule has 202 valence electrons. The van der Waals surface area contributed by atoms with Crippen molar-refractivity contribution < 1.29 is 9.59 Å². The second-order valence-electron chi connectivity index (χ2n) is 9.58. The first-order valence-corrected chi connectivity index (χ1v) is 13.9. The first kappa shape index (κ1) is 29.2. The summed E-state index contributed by atoms with van der Waals surface area (Å²) in [4.78, 5) is 30.7. The summed E-state index contributed by atoms with van der Waals surface area (Å²) in [5, 5.41) is 9.42. The van der Waals surface area contributed by atoms with Crippen molar-refractivity contribution in [2.24, 2.45) is 5.10 Å². The minimum absolute atomic E-state index is 0.243. The van der Waals surface area contributed by atoms with Crippen molar-refractivity contribution in [3.05, 3.63) is 86.8 Å². The molecule has 0 atom stereocenters. The van der Waals surface area contributed by atoms with Crippen LogP contribution in [-0.2, 0) is 6.54 Å². The third kappa shape index (κ3) is 8.08. The summed E-state index contributed by atoms with van der Waals surface area (Å²) >= 11 is 1.33. The van der Waals surface area contributed by atoms with Crippen LogP contribution in [0.25, 0.3) is 0 Å². The molecule has 0 spiro atoms. The van der Waals surface area contributed by atoms with Gasteiger partial charge in [0.15, 0.2) is 0 Å². The Morgan fingerprint density at radius 2 is 1.71 bits per heavy atom. The van der Waals surface area contributed by atoms with Gasteiger partial charge in [-0.05, 0) is 86.2 Å². The van der Waals surface area contributed by atoms with Gasteiger partial charge >= 0.3 is 0 Å². The third-order valence-electron chi connectivity index (χ3n) is 6.67. The Kier molecular flexibility index (Phi) is 10.8. The number of likely N-dealkylation sites (N-methyl/N-ethyl adjacent to an activating group) is 2. The lowest BCUT2D eigenvalue weighted by atomic mass is 10.1. The molecule has 0 saturated heterocycles. The van der Waals surface area contributed by atoms with Crippen LogP contribution in [-0.4, -0.2) is 61.1 Å². The van der Waals surface area contributed by atoms with E-state index in [1.54, 1.807) is 12.3 Å². The lowest BCUT2D eigenvalue weighted by Crippen LogP contribution is -2.32. The van der Waals surface area contributed by atoms with Crippen molar-refractivity contribution in [2.45, 2.75) is 41.2 Å². The van der Waals surface area contributed by atoms with Gasteiger partial charge in [-0.3, -0.25) is 9.59 Å². The molecule has 0 aliphatic rings. The molecule has 0 bridgehead atoms. The number of hydrogen-bond donors (Lipinski definition) is 2. The zero-order valence-electron chi connectivity index (χ0n) is 23.3. The number of hydrogen-bond acceptors (Lipinski definition) is 6. The molecule has 38 heavy (non-hydrogen) atoms. The van der Waals surface area contributed by atoms with Crippen LogP contribution >= 0.6 is 11.3 Å². The predicted octanol–water partition coefficient (Wildman–Crippen LogP) is 5.46. The maximum absolute atomic E-state index is 13.1. The number of amides is 2. The number of nitrogens with one attached hydrogen (secondary N) is 2. The highest BCUT2D eigenvalue weighted by Crippen LogP contribution is 2.28. The van der Waals surface area contributed by atoms with E-state index < -0.39 is 0 Å². The smallest absolute Gasteiger partial charge is 0.274 e. The number of thiophene rings is 1. The van der Waals surface area contributed by atoms with E-state index in [0.29, 0.717) is 16.1 Å². The number of carbonyl (C=O) groups excluding carboxylic acids is 2. The van der Waals surface area contributed by atoms with Crippen LogP contribution in [0, 0.1) is 20.8 Å². The fraction of sp³-hybridized carbons (Fsp3) is 0.367. The molecule has 2 aromatic carbocycles. The maximum atomic E-state index is 13.1. The molecule has 2 N–H and O–H groups in total. The molecular weight excluding hydrogens is 494 g/mol. The van der Waals surface area contributed by atoms with E-state index in [4.69, 9.17) is 0 Å². The molecular formula is C30H39N5O2S. The van der Waals surface area contributed by atoms with Gasteiger partial charge in [0.05, 0.1) is 11.8 Å². The largest absolute Gasteiger partial charge is 0.313 e. The lowest BCUT2D eigenvalue weighted by Gasteiger charge is -2.23. The van der Waals surface area contributed by atoms with Gasteiger partial charge < -0.3 is 15.1 Å². The molecule has 3 rings (SSSR count). The molecule has 1 heterocycles. The highest BCUT2D eigenvalue weighted by molar-refractivity contribution is 7.15. The third-order valence-corrected chi connectivity index (χ3v) is 7.69. The average molecular weight is 534 g/mol. The Morgan fingerprint density at radius 3 is 2.42 bits per heavy atom. The van der Waals surface area contributed by atoms with Crippen LogP contribution < -0.4 is 10.7 Å². The highest BCUT2D eigenvalue weighted by atomic mass is 32.1. The SMILES string of the molecule is CCN(CC)CCN(C)Cc1cccc(C(=O)Nc2scc(C)c2C(=O)NN=Cc2ccc(C)c(C)c2)c1. The van der Waals surface area contributed by atoms with Crippen LogP contribution in [0.1, 0.15) is 62.4 Å². The van der Waals surface area contributed by atoms with Gasteiger partial charge in [-0.2, -0.15) is 5.10 Å². The summed E-state index contributed by atoms with van der Waals surface area (Å²) in [6.45, 7) is 15.1. The molecule has 0 unspecified atom stereocenters. The van der Waals surface area contributed by atoms with Gasteiger partial charge in [0.1, 0.15) is 5.00 Å². The van der Waals surface area contributed by atoms with Gasteiger partial charge in [0.2, 0.25) is 0 Å². The molecule has 0 fully saturated rings. The van der Waals surface area contributed by atoms with Crippen molar-refractivity contribution in [1.29, 1.82) is 0 Å². The maximum Gasteiger partial charge on any atom is 0.274 e. The molecule has 8 heteroatoms. The predicted molar refractivity (Wildman–Crippen MR) is 159 cm³/mol. The van der Waals surface area contributed by atoms with E-state index in [1.165, 1.54) is 16.9 Å². The summed E-state index contributed by atoms with van der Waals surface area (Å²) in [5.74, 6) is -0.602. The molecule has 7 nitrogen and oxygen atoms in total. The number of carbonyl (C=O) groups is 2. The molecule has 1 aromatic heterocycles. The van der Waals surface area contributed by atoms with Gasteiger partial charge in [0.25, 0.3) is 11.8 Å². The second-order valence-corrected chi connectivity index (χ2v) is 10.5. The van der Waals surface area contributed by atoms with Crippen LogP contribution in [0.2, 0.25) is 0 Å². The Labute approximate surface area is 230 Å². The zero-order valence-corrected chi connectivity index (χ0v) is 24.1. The molecule has 0 saturated carbocycles. The van der Waals surface area contributed by atoms with Gasteiger partial charge in [0, 0.05) is 25.2 Å². The highest BCUT2D eigenvalue weighted by Gasteiger charge is 2.19. The summed E-state index contributed by atoms with van der Waals surface area (Å²) in [6, 6.07) is 13.6. The molecule has 0 radical (unpaired) electrons. The van der Waals surface area contributed by atoms with E-state index in [-0.39, 0.29) is 11.8 Å². The number of benzene rings is 2. The first-order chi connectivity index (χ1) is 18.2. The van der Waals surface area contributed by atoms with Crippen molar-refractivity contribution in [3.63, 3.8) is 0 Å². The minimum Gasteiger partial charge on any atom is -0.313 e. The lowest BCUT2D eigenvalue weighted by molar-refractivity contribution is 0.0956. The minimum atomic E-state index is -0.359. The Hall–Kier alpha value is -3.33. The Balaban J connectivity index is 1.63. The van der Waals surface area contributed by atoms with E-state index >= 15 is 0 Å². The van der Waals surface area contributed by atoms with E-state index in [2.05, 4.69) is 53.5 Å². The van der Waals surface area contributed by atoms with Crippen molar-refractivity contribution in [3.8, 4) is 0 Å². The second kappa shape index (κ2) is 14.0. The van der Waals surface area contributed by atoms with Gasteiger partial charge in [-0.15, -0.1) is 11.3 Å². The topological polar surface area (TPSA) is 77.0 Å². The molecule has 3 aromatic rings. The van der Waals surface area contributed by atoms with E-state index in [0.717, 1.165) is 55.0 Å². The molecule has 0 aliphatic heterocycles. The van der Waals surface area contributed by atoms with Crippen LogP contribution in [0.4, 0.5) is 5.00 Å². The number of anilines is 1. The number of rotatable bonds is 12.